The molecule has 5 aliphatic carbocycles. The van der Waals surface area contributed by atoms with E-state index >= 15 is 0 Å². The second-order valence-corrected chi connectivity index (χ2v) is 12.7. The van der Waals surface area contributed by atoms with Gasteiger partial charge in [-0.1, -0.05) is 45.4 Å². The molecule has 3 saturated carbocycles. The molecular weight excluding hydrogens is 382 g/mol. The van der Waals surface area contributed by atoms with Gasteiger partial charge in [-0.3, -0.25) is 4.79 Å². The maximum Gasteiger partial charge on any atom is 0.220 e. The summed E-state index contributed by atoms with van der Waals surface area (Å²) in [6.45, 7) is 14.0. The van der Waals surface area contributed by atoms with Crippen LogP contribution in [0.1, 0.15) is 86.5 Å². The highest BCUT2D eigenvalue weighted by Crippen LogP contribution is 2.74. The monoisotopic (exact) mass is 421 g/mol. The number of hydrogen-bond donors (Lipinski definition) is 2. The third-order valence-corrected chi connectivity index (χ3v) is 10.9. The summed E-state index contributed by atoms with van der Waals surface area (Å²) in [5, 5.41) is 10.3. The molecule has 0 heterocycles. The first-order valence-electron chi connectivity index (χ1n) is 12.2. The Morgan fingerprint density at radius 2 is 1.65 bits per heavy atom. The number of aliphatic hydroxyl groups excluding tert-OH is 1. The molecule has 0 aromatic rings. The smallest absolute Gasteiger partial charge is 0.220 e. The molecule has 3 N–H and O–H groups in total. The molecular formula is C28H39NO2. The van der Waals surface area contributed by atoms with Gasteiger partial charge in [0.1, 0.15) is 0 Å². The minimum absolute atomic E-state index is 0.0715. The lowest BCUT2D eigenvalue weighted by Crippen LogP contribution is -2.63. The molecule has 0 saturated heterocycles. The van der Waals surface area contributed by atoms with Gasteiger partial charge in [0.25, 0.3) is 0 Å². The molecule has 31 heavy (non-hydrogen) atoms. The largest absolute Gasteiger partial charge is 0.504 e. The second-order valence-electron chi connectivity index (χ2n) is 12.7. The van der Waals surface area contributed by atoms with Crippen LogP contribution in [0.3, 0.4) is 0 Å². The topological polar surface area (TPSA) is 63.3 Å². The number of ketones is 1. The van der Waals surface area contributed by atoms with Crippen LogP contribution in [0.5, 0.6) is 0 Å². The maximum atomic E-state index is 12.6. The number of hydrogen-bond acceptors (Lipinski definition) is 3. The lowest BCUT2D eigenvalue weighted by Gasteiger charge is -2.70. The minimum atomic E-state index is -0.243. The summed E-state index contributed by atoms with van der Waals surface area (Å²) in [5.74, 6) is 0.277. The van der Waals surface area contributed by atoms with E-state index in [0.717, 1.165) is 42.4 Å². The van der Waals surface area contributed by atoms with Crippen molar-refractivity contribution in [2.45, 2.75) is 92.0 Å². The number of rotatable bonds is 0. The van der Waals surface area contributed by atoms with E-state index in [4.69, 9.17) is 5.73 Å². The van der Waals surface area contributed by atoms with Crippen molar-refractivity contribution in [2.75, 3.05) is 0 Å². The highest BCUT2D eigenvalue weighted by Gasteiger charge is 2.66. The molecule has 0 aromatic heterocycles. The van der Waals surface area contributed by atoms with Crippen LogP contribution in [0.15, 0.2) is 46.3 Å². The quantitative estimate of drug-likeness (QED) is 0.481. The Morgan fingerprint density at radius 1 is 0.968 bits per heavy atom. The third-order valence-electron chi connectivity index (χ3n) is 10.9. The molecule has 3 heteroatoms. The first kappa shape index (κ1) is 21.2. The zero-order chi connectivity index (χ0) is 22.6. The van der Waals surface area contributed by atoms with Crippen LogP contribution in [0, 0.1) is 27.6 Å². The van der Waals surface area contributed by atoms with Crippen LogP contribution in [0.4, 0.5) is 0 Å². The average molecular weight is 422 g/mol. The summed E-state index contributed by atoms with van der Waals surface area (Å²) >= 11 is 0. The van der Waals surface area contributed by atoms with Gasteiger partial charge in [-0.15, -0.1) is 0 Å². The van der Waals surface area contributed by atoms with Gasteiger partial charge in [-0.25, -0.2) is 0 Å². The summed E-state index contributed by atoms with van der Waals surface area (Å²) < 4.78 is 0. The van der Waals surface area contributed by atoms with E-state index in [1.807, 2.05) is 6.92 Å². The molecule has 168 valence electrons. The Balaban J connectivity index is 1.66. The Bertz CT molecular complexity index is 1010. The molecule has 6 atom stereocenters. The van der Waals surface area contributed by atoms with Crippen LogP contribution in [0.25, 0.3) is 0 Å². The van der Waals surface area contributed by atoms with Crippen molar-refractivity contribution in [3.63, 3.8) is 0 Å². The lowest BCUT2D eigenvalue weighted by atomic mass is 9.35. The van der Waals surface area contributed by atoms with Crippen LogP contribution in [-0.4, -0.2) is 16.4 Å². The maximum absolute atomic E-state index is 12.6. The van der Waals surface area contributed by atoms with Crippen LogP contribution < -0.4 is 5.73 Å². The highest BCUT2D eigenvalue weighted by molar-refractivity contribution is 6.06. The van der Waals surface area contributed by atoms with E-state index in [9.17, 15) is 9.90 Å². The van der Waals surface area contributed by atoms with E-state index in [1.54, 1.807) is 6.08 Å². The van der Waals surface area contributed by atoms with Gasteiger partial charge in [0.15, 0.2) is 5.76 Å². The standard InChI is InChI=1S/C28H39NO2/c1-17-18-7-8-21-26(4,19(18)15-20(30)23(17)31)12-14-28(6)22-16-25(3,29)11-9-24(22,2)10-13-27(21,28)5/h7-8,15,22,31H,9-14,16,29H2,1-6H3/t22-,24-,25+,26+,27-,28+/m1/s1. The average Bonchev–Trinajstić information content (AvgIpc) is 2.70. The first-order valence-corrected chi connectivity index (χ1v) is 12.2. The molecule has 0 amide bonds. The molecule has 5 aliphatic rings. The van der Waals surface area contributed by atoms with Crippen molar-refractivity contribution in [1.29, 1.82) is 0 Å². The molecule has 0 unspecified atom stereocenters. The van der Waals surface area contributed by atoms with Crippen molar-refractivity contribution >= 4 is 5.78 Å². The molecule has 3 fully saturated rings. The number of aliphatic hydroxyl groups is 1. The first-order chi connectivity index (χ1) is 14.3. The third kappa shape index (κ3) is 2.53. The Morgan fingerprint density at radius 3 is 2.35 bits per heavy atom. The summed E-state index contributed by atoms with van der Waals surface area (Å²) in [5.41, 5.74) is 11.6. The number of carbonyl (C=O) groups excluding carboxylic acids is 1. The predicted molar refractivity (Wildman–Crippen MR) is 125 cm³/mol. The number of allylic oxidation sites excluding steroid dienone is 7. The van der Waals surface area contributed by atoms with Gasteiger partial charge in [-0.05, 0) is 98.2 Å². The molecule has 0 radical (unpaired) electrons. The van der Waals surface area contributed by atoms with E-state index in [-0.39, 0.29) is 33.3 Å². The van der Waals surface area contributed by atoms with Crippen LogP contribution in [0.2, 0.25) is 0 Å². The highest BCUT2D eigenvalue weighted by atomic mass is 16.3. The van der Waals surface area contributed by atoms with Crippen molar-refractivity contribution in [1.82, 2.24) is 0 Å². The van der Waals surface area contributed by atoms with E-state index in [1.165, 1.54) is 24.8 Å². The van der Waals surface area contributed by atoms with Gasteiger partial charge in [0, 0.05) is 16.5 Å². The summed E-state index contributed by atoms with van der Waals surface area (Å²) in [7, 11) is 0. The Labute approximate surface area is 187 Å². The Kier molecular flexibility index (Phi) is 4.14. The molecule has 0 spiro atoms. The van der Waals surface area contributed by atoms with Crippen LogP contribution >= 0.6 is 0 Å². The fourth-order valence-electron chi connectivity index (χ4n) is 8.48. The van der Waals surface area contributed by atoms with Gasteiger partial charge in [0.2, 0.25) is 5.78 Å². The summed E-state index contributed by atoms with van der Waals surface area (Å²) in [4.78, 5) is 12.6. The minimum Gasteiger partial charge on any atom is -0.504 e. The lowest BCUT2D eigenvalue weighted by molar-refractivity contribution is -0.150. The van der Waals surface area contributed by atoms with Gasteiger partial charge in [-0.2, -0.15) is 0 Å². The van der Waals surface area contributed by atoms with Gasteiger partial charge in [0.05, 0.1) is 0 Å². The second kappa shape index (κ2) is 6.04. The zero-order valence-electron chi connectivity index (χ0n) is 20.2. The number of fused-ring (bicyclic) bond motifs is 7. The SMILES string of the molecule is CC1=C(O)C(=O)C=C2C1=CC=C1[C@@]2(C)CC[C@@]2(C)[C@@H]3C[C@@](C)(N)CC[C@]3(C)CC[C@]12C. The van der Waals surface area contributed by atoms with Crippen molar-refractivity contribution in [2.24, 2.45) is 33.3 Å². The fourth-order valence-corrected chi connectivity index (χ4v) is 8.48. The number of carbonyl (C=O) groups is 1. The molecule has 5 rings (SSSR count). The predicted octanol–water partition coefficient (Wildman–Crippen LogP) is 6.32. The van der Waals surface area contributed by atoms with E-state index < -0.39 is 0 Å². The summed E-state index contributed by atoms with van der Waals surface area (Å²) in [6, 6.07) is 0. The van der Waals surface area contributed by atoms with Crippen molar-refractivity contribution in [3.05, 3.63) is 46.3 Å². The molecule has 0 aromatic carbocycles. The zero-order valence-corrected chi connectivity index (χ0v) is 20.2. The molecule has 0 bridgehead atoms. The van der Waals surface area contributed by atoms with E-state index in [2.05, 4.69) is 46.8 Å². The Hall–Kier alpha value is -1.61. The van der Waals surface area contributed by atoms with Gasteiger partial charge < -0.3 is 10.8 Å². The summed E-state index contributed by atoms with van der Waals surface area (Å²) in [6.07, 6.45) is 14.4. The van der Waals surface area contributed by atoms with E-state index in [0.29, 0.717) is 11.3 Å². The van der Waals surface area contributed by atoms with Gasteiger partial charge >= 0.3 is 0 Å². The molecule has 3 nitrogen and oxygen atoms in total. The van der Waals surface area contributed by atoms with Crippen molar-refractivity contribution < 1.29 is 9.90 Å². The van der Waals surface area contributed by atoms with Crippen LogP contribution in [-0.2, 0) is 4.79 Å². The fraction of sp³-hybridized carbons (Fsp3) is 0.679. The molecule has 0 aliphatic heterocycles. The number of nitrogens with two attached hydrogens (primary N) is 1. The normalized spacial score (nSPS) is 49.2. The van der Waals surface area contributed by atoms with Crippen molar-refractivity contribution in [3.8, 4) is 0 Å².